The van der Waals surface area contributed by atoms with Gasteiger partial charge >= 0.3 is 5.97 Å². The van der Waals surface area contributed by atoms with E-state index in [1.165, 1.54) is 7.11 Å². The number of nitrogens with one attached hydrogen (secondary N) is 1. The van der Waals surface area contributed by atoms with Crippen molar-refractivity contribution >= 4 is 5.97 Å². The monoisotopic (exact) mass is 273 g/mol. The highest BCUT2D eigenvalue weighted by Gasteiger charge is 2.45. The minimum atomic E-state index is -0.472. The van der Waals surface area contributed by atoms with Crippen molar-refractivity contribution in [3.05, 3.63) is 0 Å². The van der Waals surface area contributed by atoms with E-state index >= 15 is 0 Å². The minimum Gasteiger partial charge on any atom is -0.469 e. The van der Waals surface area contributed by atoms with Crippen LogP contribution < -0.4 is 5.32 Å². The second-order valence-electron chi connectivity index (χ2n) is 6.82. The third-order valence-corrected chi connectivity index (χ3v) is 4.37. The highest BCUT2D eigenvalue weighted by Crippen LogP contribution is 2.42. The summed E-state index contributed by atoms with van der Waals surface area (Å²) < 4.78 is 17.3. The Hall–Kier alpha value is -0.640. The zero-order valence-electron chi connectivity index (χ0n) is 12.7. The number of carbonyl (C=O) groups excluding carboxylic acids is 1. The molecule has 0 aromatic carbocycles. The lowest BCUT2D eigenvalue weighted by Gasteiger charge is -2.44. The van der Waals surface area contributed by atoms with Crippen LogP contribution in [-0.2, 0) is 9.53 Å². The van der Waals surface area contributed by atoms with Crippen LogP contribution in [0.1, 0.15) is 46.5 Å². The van der Waals surface area contributed by atoms with E-state index in [1.54, 1.807) is 0 Å². The maximum absolute atomic E-state index is 12.3. The second kappa shape index (κ2) is 6.69. The molecule has 1 fully saturated rings. The summed E-state index contributed by atoms with van der Waals surface area (Å²) in [6.07, 6.45) is 2.81. The number of halogens is 1. The van der Waals surface area contributed by atoms with E-state index in [2.05, 4.69) is 26.1 Å². The number of hydrogen-bond donors (Lipinski definition) is 1. The molecular weight excluding hydrogens is 245 g/mol. The predicted octanol–water partition coefficient (Wildman–Crippen LogP) is 2.94. The lowest BCUT2D eigenvalue weighted by molar-refractivity contribution is -0.156. The zero-order valence-corrected chi connectivity index (χ0v) is 12.7. The Labute approximate surface area is 116 Å². The van der Waals surface area contributed by atoms with Gasteiger partial charge in [0.2, 0.25) is 0 Å². The lowest BCUT2D eigenvalue weighted by atomic mass is 9.66. The van der Waals surface area contributed by atoms with Crippen LogP contribution in [0.4, 0.5) is 4.39 Å². The summed E-state index contributed by atoms with van der Waals surface area (Å²) in [6, 6.07) is 0. The Morgan fingerprint density at radius 2 is 2.11 bits per heavy atom. The molecule has 1 saturated heterocycles. The van der Waals surface area contributed by atoms with E-state index in [-0.39, 0.29) is 18.1 Å². The average Bonchev–Trinajstić information content (AvgIpc) is 2.37. The van der Waals surface area contributed by atoms with Gasteiger partial charge in [-0.1, -0.05) is 20.8 Å². The molecule has 0 saturated carbocycles. The molecular formula is C15H28FNO2. The Balaban J connectivity index is 2.81. The number of methoxy groups -OCH3 is 1. The first-order valence-electron chi connectivity index (χ1n) is 7.21. The van der Waals surface area contributed by atoms with Crippen LogP contribution in [0.15, 0.2) is 0 Å². The molecule has 19 heavy (non-hydrogen) atoms. The maximum atomic E-state index is 12.3. The fraction of sp³-hybridized carbons (Fsp3) is 0.933. The molecule has 1 N–H and O–H groups in total. The van der Waals surface area contributed by atoms with E-state index in [0.717, 1.165) is 19.4 Å². The van der Waals surface area contributed by atoms with Gasteiger partial charge in [-0.3, -0.25) is 9.18 Å². The fourth-order valence-electron chi connectivity index (χ4n) is 2.94. The summed E-state index contributed by atoms with van der Waals surface area (Å²) in [5.74, 6) is 0.290. The first-order chi connectivity index (χ1) is 8.85. The average molecular weight is 273 g/mol. The van der Waals surface area contributed by atoms with Gasteiger partial charge in [0.05, 0.1) is 19.2 Å². The van der Waals surface area contributed by atoms with Crippen molar-refractivity contribution in [2.75, 3.05) is 26.9 Å². The Morgan fingerprint density at radius 3 is 2.63 bits per heavy atom. The number of hydrogen-bond acceptors (Lipinski definition) is 3. The van der Waals surface area contributed by atoms with E-state index in [1.807, 2.05) is 0 Å². The van der Waals surface area contributed by atoms with Crippen molar-refractivity contribution in [3.8, 4) is 0 Å². The van der Waals surface area contributed by atoms with Gasteiger partial charge in [-0.15, -0.1) is 0 Å². The predicted molar refractivity (Wildman–Crippen MR) is 74.7 cm³/mol. The van der Waals surface area contributed by atoms with Crippen molar-refractivity contribution in [1.82, 2.24) is 5.32 Å². The number of carbonyl (C=O) groups is 1. The Kier molecular flexibility index (Phi) is 5.78. The highest BCUT2D eigenvalue weighted by molar-refractivity contribution is 5.77. The normalized spacial score (nSPS) is 28.2. The molecule has 0 aromatic rings. The van der Waals surface area contributed by atoms with Gasteiger partial charge in [-0.25, -0.2) is 0 Å². The standard InChI is InChI=1S/C15H28FNO2/c1-14(2,3)12-9-15(11-17-10-12,13(18)19-4)7-5-6-8-16/h12,17H,5-11H2,1-4H3/t12-,15-/m1/s1. The number of rotatable bonds is 5. The van der Waals surface area contributed by atoms with Crippen LogP contribution in [0.25, 0.3) is 0 Å². The number of ether oxygens (including phenoxy) is 1. The first-order valence-corrected chi connectivity index (χ1v) is 7.21. The van der Waals surface area contributed by atoms with Crippen LogP contribution in [0, 0.1) is 16.7 Å². The summed E-state index contributed by atoms with van der Waals surface area (Å²) in [5.41, 5.74) is -0.313. The van der Waals surface area contributed by atoms with Crippen molar-refractivity contribution in [2.24, 2.45) is 16.7 Å². The van der Waals surface area contributed by atoms with Crippen LogP contribution >= 0.6 is 0 Å². The summed E-state index contributed by atoms with van der Waals surface area (Å²) in [5, 5.41) is 3.38. The number of piperidine rings is 1. The molecule has 3 nitrogen and oxygen atoms in total. The smallest absolute Gasteiger partial charge is 0.313 e. The second-order valence-corrected chi connectivity index (χ2v) is 6.82. The van der Waals surface area contributed by atoms with Gasteiger partial charge in [0, 0.05) is 6.54 Å². The minimum absolute atomic E-state index is 0.146. The topological polar surface area (TPSA) is 38.3 Å². The summed E-state index contributed by atoms with van der Waals surface area (Å²) >= 11 is 0. The van der Waals surface area contributed by atoms with Gasteiger partial charge < -0.3 is 10.1 Å². The maximum Gasteiger partial charge on any atom is 0.313 e. The third-order valence-electron chi connectivity index (χ3n) is 4.37. The third kappa shape index (κ3) is 4.16. The van der Waals surface area contributed by atoms with Gasteiger partial charge in [-0.05, 0) is 43.6 Å². The van der Waals surface area contributed by atoms with Crippen molar-refractivity contribution in [3.63, 3.8) is 0 Å². The Morgan fingerprint density at radius 1 is 1.42 bits per heavy atom. The molecule has 0 bridgehead atoms. The molecule has 1 heterocycles. The van der Waals surface area contributed by atoms with E-state index in [0.29, 0.717) is 25.3 Å². The molecule has 1 aliphatic heterocycles. The molecule has 0 aromatic heterocycles. The number of alkyl halides is 1. The van der Waals surface area contributed by atoms with Crippen LogP contribution in [0.3, 0.4) is 0 Å². The molecule has 1 rings (SSSR count). The molecule has 112 valence electrons. The molecule has 4 heteroatoms. The SMILES string of the molecule is COC(=O)[C@@]1(CCCCF)CNC[C@H](C(C)(C)C)C1. The molecule has 0 unspecified atom stereocenters. The highest BCUT2D eigenvalue weighted by atomic mass is 19.1. The van der Waals surface area contributed by atoms with Gasteiger partial charge in [0.15, 0.2) is 0 Å². The number of esters is 1. The van der Waals surface area contributed by atoms with Crippen LogP contribution in [0.2, 0.25) is 0 Å². The zero-order chi connectivity index (χ0) is 14.5. The summed E-state index contributed by atoms with van der Waals surface area (Å²) in [6.45, 7) is 7.88. The van der Waals surface area contributed by atoms with E-state index in [9.17, 15) is 9.18 Å². The fourth-order valence-corrected chi connectivity index (χ4v) is 2.94. The van der Waals surface area contributed by atoms with Gasteiger partial charge in [-0.2, -0.15) is 0 Å². The van der Waals surface area contributed by atoms with Crippen molar-refractivity contribution in [1.29, 1.82) is 0 Å². The van der Waals surface area contributed by atoms with Crippen LogP contribution in [0.5, 0.6) is 0 Å². The van der Waals surface area contributed by atoms with E-state index < -0.39 is 5.41 Å². The largest absolute Gasteiger partial charge is 0.469 e. The molecule has 0 amide bonds. The molecule has 2 atom stereocenters. The quantitative estimate of drug-likeness (QED) is 0.618. The molecule has 1 aliphatic rings. The summed E-state index contributed by atoms with van der Waals surface area (Å²) in [7, 11) is 1.44. The van der Waals surface area contributed by atoms with Crippen molar-refractivity contribution in [2.45, 2.75) is 46.5 Å². The lowest BCUT2D eigenvalue weighted by Crippen LogP contribution is -2.52. The van der Waals surface area contributed by atoms with Gasteiger partial charge in [0.25, 0.3) is 0 Å². The van der Waals surface area contributed by atoms with Crippen molar-refractivity contribution < 1.29 is 13.9 Å². The summed E-state index contributed by atoms with van der Waals surface area (Å²) in [4.78, 5) is 12.2. The van der Waals surface area contributed by atoms with Crippen LogP contribution in [-0.4, -0.2) is 32.8 Å². The number of unbranched alkanes of at least 4 members (excludes halogenated alkanes) is 1. The molecule has 0 aliphatic carbocycles. The van der Waals surface area contributed by atoms with Gasteiger partial charge in [0.1, 0.15) is 0 Å². The first kappa shape index (κ1) is 16.4. The Bertz CT molecular complexity index is 301. The molecule has 0 radical (unpaired) electrons. The van der Waals surface area contributed by atoms with E-state index in [4.69, 9.17) is 4.74 Å². The molecule has 0 spiro atoms.